The SMILES string of the molecule is O=C1[C@H]2[C@@H](C(=O)N1c1ccccc1[N+](=O)[O-])[C@]1(CO)C=C[C@H]2O1. The van der Waals surface area contributed by atoms with Crippen LogP contribution in [0.25, 0.3) is 0 Å². The molecule has 23 heavy (non-hydrogen) atoms. The molecule has 1 aromatic carbocycles. The molecule has 8 heteroatoms. The second-order valence-electron chi connectivity index (χ2n) is 5.82. The molecule has 3 heterocycles. The third-order valence-corrected chi connectivity index (χ3v) is 4.72. The van der Waals surface area contributed by atoms with Gasteiger partial charge in [-0.15, -0.1) is 0 Å². The predicted molar refractivity (Wildman–Crippen MR) is 76.4 cm³/mol. The average Bonchev–Trinajstić information content (AvgIpc) is 3.18. The first-order valence-corrected chi connectivity index (χ1v) is 7.09. The number of rotatable bonds is 3. The molecule has 0 spiro atoms. The minimum atomic E-state index is -1.21. The summed E-state index contributed by atoms with van der Waals surface area (Å²) >= 11 is 0. The molecule has 8 nitrogen and oxygen atoms in total. The third-order valence-electron chi connectivity index (χ3n) is 4.72. The Hall–Kier alpha value is -2.58. The Morgan fingerprint density at radius 2 is 2.04 bits per heavy atom. The maximum Gasteiger partial charge on any atom is 0.293 e. The van der Waals surface area contributed by atoms with Crippen molar-refractivity contribution in [1.82, 2.24) is 0 Å². The Balaban J connectivity index is 1.82. The highest BCUT2D eigenvalue weighted by Crippen LogP contribution is 2.52. The Morgan fingerprint density at radius 3 is 2.74 bits per heavy atom. The van der Waals surface area contributed by atoms with Crippen LogP contribution < -0.4 is 4.90 Å². The first-order chi connectivity index (χ1) is 11.0. The van der Waals surface area contributed by atoms with Gasteiger partial charge in [-0.1, -0.05) is 24.3 Å². The lowest BCUT2D eigenvalue weighted by molar-refractivity contribution is -0.384. The summed E-state index contributed by atoms with van der Waals surface area (Å²) in [5.41, 5.74) is -1.57. The van der Waals surface area contributed by atoms with Crippen LogP contribution in [-0.2, 0) is 14.3 Å². The highest BCUT2D eigenvalue weighted by Gasteiger charge is 2.68. The molecule has 0 unspecified atom stereocenters. The molecule has 2 fully saturated rings. The van der Waals surface area contributed by atoms with Crippen LogP contribution in [-0.4, -0.2) is 40.2 Å². The summed E-state index contributed by atoms with van der Waals surface area (Å²) in [6.07, 6.45) is 2.68. The molecule has 1 aromatic rings. The zero-order chi connectivity index (χ0) is 16.4. The number of benzene rings is 1. The minimum Gasteiger partial charge on any atom is -0.393 e. The molecule has 3 aliphatic heterocycles. The zero-order valence-corrected chi connectivity index (χ0v) is 11.8. The van der Waals surface area contributed by atoms with Gasteiger partial charge in [0.05, 0.1) is 29.5 Å². The second-order valence-corrected chi connectivity index (χ2v) is 5.82. The smallest absolute Gasteiger partial charge is 0.293 e. The number of ether oxygens (including phenoxy) is 1. The fraction of sp³-hybridized carbons (Fsp3) is 0.333. The van der Waals surface area contributed by atoms with E-state index in [1.165, 1.54) is 24.3 Å². The van der Waals surface area contributed by atoms with Crippen molar-refractivity contribution in [1.29, 1.82) is 0 Å². The van der Waals surface area contributed by atoms with Crippen molar-refractivity contribution in [2.75, 3.05) is 11.5 Å². The molecule has 2 saturated heterocycles. The van der Waals surface area contributed by atoms with Gasteiger partial charge in [0.2, 0.25) is 11.8 Å². The fourth-order valence-corrected chi connectivity index (χ4v) is 3.73. The van der Waals surface area contributed by atoms with Crippen LogP contribution in [0.3, 0.4) is 0 Å². The van der Waals surface area contributed by atoms with Crippen LogP contribution >= 0.6 is 0 Å². The first kappa shape index (κ1) is 14.0. The standard InChI is InChI=1S/C15H12N2O6/c18-7-15-6-5-10(23-15)11-12(15)14(20)16(13(11)19)8-3-1-2-4-9(8)17(21)22/h1-6,10-12,18H,7H2/t10-,11-,12+,15-/m1/s1. The van der Waals surface area contributed by atoms with Crippen molar-refractivity contribution in [2.24, 2.45) is 11.8 Å². The van der Waals surface area contributed by atoms with Crippen molar-refractivity contribution in [3.05, 3.63) is 46.5 Å². The average molecular weight is 316 g/mol. The Morgan fingerprint density at radius 1 is 1.30 bits per heavy atom. The quantitative estimate of drug-likeness (QED) is 0.374. The molecule has 2 bridgehead atoms. The van der Waals surface area contributed by atoms with E-state index in [1.54, 1.807) is 12.2 Å². The first-order valence-electron chi connectivity index (χ1n) is 7.09. The second kappa shape index (κ2) is 4.46. The Bertz CT molecular complexity index is 775. The van der Waals surface area contributed by atoms with Gasteiger partial charge in [0, 0.05) is 6.07 Å². The molecule has 0 aromatic heterocycles. The molecule has 4 rings (SSSR count). The molecular weight excluding hydrogens is 304 g/mol. The summed E-state index contributed by atoms with van der Waals surface area (Å²) in [5.74, 6) is -2.71. The molecule has 3 aliphatic rings. The van der Waals surface area contributed by atoms with Gasteiger partial charge in [0.15, 0.2) is 0 Å². The number of imide groups is 1. The largest absolute Gasteiger partial charge is 0.393 e. The number of fused-ring (bicyclic) bond motifs is 5. The van der Waals surface area contributed by atoms with Gasteiger partial charge in [-0.3, -0.25) is 19.7 Å². The summed E-state index contributed by atoms with van der Waals surface area (Å²) in [6.45, 7) is -0.426. The maximum absolute atomic E-state index is 12.8. The summed E-state index contributed by atoms with van der Waals surface area (Å²) < 4.78 is 5.62. The molecule has 0 aliphatic carbocycles. The van der Waals surface area contributed by atoms with Gasteiger partial charge in [0.25, 0.3) is 5.69 Å². The van der Waals surface area contributed by atoms with Gasteiger partial charge in [0.1, 0.15) is 11.3 Å². The van der Waals surface area contributed by atoms with Crippen LogP contribution in [0.2, 0.25) is 0 Å². The van der Waals surface area contributed by atoms with E-state index < -0.39 is 46.9 Å². The van der Waals surface area contributed by atoms with Gasteiger partial charge < -0.3 is 9.84 Å². The van der Waals surface area contributed by atoms with Crippen LogP contribution in [0.15, 0.2) is 36.4 Å². The third kappa shape index (κ3) is 1.61. The maximum atomic E-state index is 12.8. The summed E-state index contributed by atoms with van der Waals surface area (Å²) in [4.78, 5) is 36.9. The summed E-state index contributed by atoms with van der Waals surface area (Å²) in [5, 5.41) is 20.8. The van der Waals surface area contributed by atoms with E-state index in [0.29, 0.717) is 0 Å². The van der Waals surface area contributed by atoms with Gasteiger partial charge in [-0.25, -0.2) is 4.90 Å². The number of carbonyl (C=O) groups is 2. The van der Waals surface area contributed by atoms with E-state index in [4.69, 9.17) is 4.74 Å². The van der Waals surface area contributed by atoms with Crippen molar-refractivity contribution in [3.63, 3.8) is 0 Å². The van der Waals surface area contributed by atoms with Crippen LogP contribution in [0, 0.1) is 22.0 Å². The highest BCUT2D eigenvalue weighted by molar-refractivity contribution is 6.24. The topological polar surface area (TPSA) is 110 Å². The Labute approximate surface area is 130 Å². The number of anilines is 1. The molecule has 118 valence electrons. The normalized spacial score (nSPS) is 34.3. The lowest BCUT2D eigenvalue weighted by Gasteiger charge is -2.26. The number of para-hydroxylation sites is 2. The number of nitrogens with zero attached hydrogens (tertiary/aromatic N) is 2. The van der Waals surface area contributed by atoms with Gasteiger partial charge in [-0.05, 0) is 6.07 Å². The number of hydrogen-bond acceptors (Lipinski definition) is 6. The molecule has 0 radical (unpaired) electrons. The zero-order valence-electron chi connectivity index (χ0n) is 11.8. The monoisotopic (exact) mass is 316 g/mol. The number of hydrogen-bond donors (Lipinski definition) is 1. The number of amides is 2. The number of aliphatic hydroxyl groups excluding tert-OH is 1. The molecule has 2 amide bonds. The number of nitro groups is 1. The van der Waals surface area contributed by atoms with Crippen LogP contribution in [0.4, 0.5) is 11.4 Å². The van der Waals surface area contributed by atoms with Crippen molar-refractivity contribution >= 4 is 23.2 Å². The van der Waals surface area contributed by atoms with E-state index in [-0.39, 0.29) is 11.4 Å². The van der Waals surface area contributed by atoms with Crippen LogP contribution in [0.1, 0.15) is 0 Å². The lowest BCUT2D eigenvalue weighted by Crippen LogP contribution is -2.43. The van der Waals surface area contributed by atoms with E-state index in [0.717, 1.165) is 4.90 Å². The highest BCUT2D eigenvalue weighted by atomic mass is 16.6. The summed E-state index contributed by atoms with van der Waals surface area (Å²) in [7, 11) is 0. The lowest BCUT2D eigenvalue weighted by atomic mass is 9.77. The van der Waals surface area contributed by atoms with Crippen molar-refractivity contribution in [3.8, 4) is 0 Å². The van der Waals surface area contributed by atoms with Gasteiger partial charge >= 0.3 is 0 Å². The summed E-state index contributed by atoms with van der Waals surface area (Å²) in [6, 6.07) is 5.62. The van der Waals surface area contributed by atoms with Crippen molar-refractivity contribution < 1.29 is 24.4 Å². The fourth-order valence-electron chi connectivity index (χ4n) is 3.73. The molecule has 1 N–H and O–H groups in total. The number of aliphatic hydroxyl groups is 1. The van der Waals surface area contributed by atoms with E-state index in [9.17, 15) is 24.8 Å². The van der Waals surface area contributed by atoms with Crippen molar-refractivity contribution in [2.45, 2.75) is 11.7 Å². The van der Waals surface area contributed by atoms with E-state index in [1.807, 2.05) is 0 Å². The Kier molecular flexibility index (Phi) is 2.72. The molecule has 0 saturated carbocycles. The van der Waals surface area contributed by atoms with Crippen LogP contribution in [0.5, 0.6) is 0 Å². The predicted octanol–water partition coefficient (Wildman–Crippen LogP) is 0.400. The minimum absolute atomic E-state index is 0.0469. The number of nitro benzene ring substituents is 1. The molecule has 4 atom stereocenters. The number of carbonyl (C=O) groups excluding carboxylic acids is 2. The van der Waals surface area contributed by atoms with E-state index in [2.05, 4.69) is 0 Å². The molecular formula is C15H12N2O6. The van der Waals surface area contributed by atoms with Gasteiger partial charge in [-0.2, -0.15) is 0 Å². The van der Waals surface area contributed by atoms with E-state index >= 15 is 0 Å².